The Hall–Kier alpha value is -2.42. The molecule has 1 aromatic rings. The van der Waals surface area contributed by atoms with Crippen molar-refractivity contribution in [1.82, 2.24) is 10.6 Å². The molecule has 8 nitrogen and oxygen atoms in total. The number of alkyl carbamates (subject to hydrolysis) is 1. The molecule has 0 saturated heterocycles. The van der Waals surface area contributed by atoms with Gasteiger partial charge in [0.05, 0.1) is 5.33 Å². The number of benzene rings is 1. The Labute approximate surface area is 178 Å². The van der Waals surface area contributed by atoms with Gasteiger partial charge in [0.1, 0.15) is 24.5 Å². The monoisotopic (exact) mass is 470 g/mol. The number of carboxylic acids is 1. The first-order valence-corrected chi connectivity index (χ1v) is 10.5. The van der Waals surface area contributed by atoms with Crippen LogP contribution in [-0.4, -0.2) is 46.3 Å². The molecule has 1 rings (SSSR count). The topological polar surface area (TPSA) is 122 Å². The van der Waals surface area contributed by atoms with Crippen molar-refractivity contribution in [2.75, 3.05) is 5.33 Å². The summed E-state index contributed by atoms with van der Waals surface area (Å²) in [6.45, 7) is 3.67. The summed E-state index contributed by atoms with van der Waals surface area (Å²) in [4.78, 5) is 47.6. The van der Waals surface area contributed by atoms with Crippen LogP contribution in [0.4, 0.5) is 4.79 Å². The van der Waals surface area contributed by atoms with E-state index in [1.807, 2.05) is 25.1 Å². The number of aliphatic carboxylic acids is 1. The standard InChI is InChI=1S/C20H27BrN2O6/c1-3-13(2)17(23-20(28)29-12-14-7-5-4-6-8-14)18(25)22-16(19(26)27)10-9-15(24)11-21/h4-8,13,16-17H,3,9-12H2,1-2H3,(H,22,25)(H,23,28)(H,26,27)/t13-,16-,17-/m0/s1. The number of amides is 2. The summed E-state index contributed by atoms with van der Waals surface area (Å²) in [6, 6.07) is 6.90. The van der Waals surface area contributed by atoms with E-state index in [2.05, 4.69) is 26.6 Å². The van der Waals surface area contributed by atoms with E-state index in [4.69, 9.17) is 4.74 Å². The number of ketones is 1. The lowest BCUT2D eigenvalue weighted by atomic mass is 9.98. The zero-order valence-electron chi connectivity index (χ0n) is 16.5. The summed E-state index contributed by atoms with van der Waals surface area (Å²) in [5.74, 6) is -2.28. The molecule has 160 valence electrons. The predicted octanol–water partition coefficient (Wildman–Crippen LogP) is 2.64. The molecule has 0 fully saturated rings. The average Bonchev–Trinajstić information content (AvgIpc) is 2.72. The number of hydrogen-bond acceptors (Lipinski definition) is 5. The van der Waals surface area contributed by atoms with Crippen molar-refractivity contribution < 1.29 is 29.0 Å². The number of halogens is 1. The van der Waals surface area contributed by atoms with Crippen LogP contribution in [0.2, 0.25) is 0 Å². The highest BCUT2D eigenvalue weighted by molar-refractivity contribution is 9.09. The van der Waals surface area contributed by atoms with Crippen molar-refractivity contribution in [3.63, 3.8) is 0 Å². The predicted molar refractivity (Wildman–Crippen MR) is 111 cm³/mol. The lowest BCUT2D eigenvalue weighted by molar-refractivity contribution is -0.142. The molecule has 0 saturated carbocycles. The normalized spacial score (nSPS) is 13.6. The van der Waals surface area contributed by atoms with Crippen molar-refractivity contribution in [2.24, 2.45) is 5.92 Å². The van der Waals surface area contributed by atoms with Gasteiger partial charge in [0.2, 0.25) is 5.91 Å². The molecule has 9 heteroatoms. The van der Waals surface area contributed by atoms with Crippen LogP contribution in [0.5, 0.6) is 0 Å². The number of carbonyl (C=O) groups excluding carboxylic acids is 3. The van der Waals surface area contributed by atoms with Crippen molar-refractivity contribution in [2.45, 2.75) is 51.8 Å². The molecule has 0 aliphatic rings. The first-order chi connectivity index (χ1) is 13.8. The molecule has 0 aromatic heterocycles. The number of alkyl halides is 1. The molecule has 0 heterocycles. The van der Waals surface area contributed by atoms with Crippen LogP contribution in [0.3, 0.4) is 0 Å². The second-order valence-corrected chi connectivity index (χ2v) is 7.24. The first kappa shape index (κ1) is 24.6. The minimum Gasteiger partial charge on any atom is -0.480 e. The van der Waals surface area contributed by atoms with Gasteiger partial charge in [-0.1, -0.05) is 66.5 Å². The van der Waals surface area contributed by atoms with Crippen LogP contribution in [0.1, 0.15) is 38.7 Å². The summed E-state index contributed by atoms with van der Waals surface area (Å²) in [6.07, 6.45) is -0.201. The SMILES string of the molecule is CC[C@H](C)[C@H](NC(=O)OCc1ccccc1)C(=O)N[C@@H](CCC(=O)CBr)C(=O)O. The molecule has 0 aliphatic heterocycles. The minimum absolute atomic E-state index is 0.0169. The number of nitrogens with one attached hydrogen (secondary N) is 2. The Balaban J connectivity index is 2.71. The molecule has 29 heavy (non-hydrogen) atoms. The molecule has 1 aromatic carbocycles. The van der Waals surface area contributed by atoms with E-state index in [0.717, 1.165) is 5.56 Å². The van der Waals surface area contributed by atoms with Gasteiger partial charge < -0.3 is 20.5 Å². The van der Waals surface area contributed by atoms with Crippen molar-refractivity contribution >= 4 is 39.7 Å². The molecular formula is C20H27BrN2O6. The molecule has 3 N–H and O–H groups in total. The van der Waals surface area contributed by atoms with Crippen molar-refractivity contribution in [1.29, 1.82) is 0 Å². The molecule has 0 radical (unpaired) electrons. The minimum atomic E-state index is -1.24. The van der Waals surface area contributed by atoms with Crippen molar-refractivity contribution in [3.05, 3.63) is 35.9 Å². The Morgan fingerprint density at radius 2 is 1.79 bits per heavy atom. The number of rotatable bonds is 12. The van der Waals surface area contributed by atoms with Crippen molar-refractivity contribution in [3.8, 4) is 0 Å². The molecular weight excluding hydrogens is 444 g/mol. The summed E-state index contributed by atoms with van der Waals surface area (Å²) < 4.78 is 5.15. The number of Topliss-reactive ketones (excluding diaryl/α,β-unsaturated/α-hetero) is 1. The van der Waals surface area contributed by atoms with Gasteiger partial charge in [0.15, 0.2) is 0 Å². The second-order valence-electron chi connectivity index (χ2n) is 6.68. The lowest BCUT2D eigenvalue weighted by Gasteiger charge is -2.25. The highest BCUT2D eigenvalue weighted by Crippen LogP contribution is 2.10. The van der Waals surface area contributed by atoms with E-state index in [1.54, 1.807) is 19.1 Å². The third kappa shape index (κ3) is 9.08. The Bertz CT molecular complexity index is 697. The molecule has 0 aliphatic carbocycles. The molecule has 3 atom stereocenters. The fourth-order valence-electron chi connectivity index (χ4n) is 2.48. The van der Waals surface area contributed by atoms with Crippen LogP contribution in [0, 0.1) is 5.92 Å². The van der Waals surface area contributed by atoms with E-state index in [0.29, 0.717) is 6.42 Å². The van der Waals surface area contributed by atoms with Crippen LogP contribution in [0.15, 0.2) is 30.3 Å². The van der Waals surface area contributed by atoms with Gasteiger partial charge in [-0.2, -0.15) is 0 Å². The number of carbonyl (C=O) groups is 4. The summed E-state index contributed by atoms with van der Waals surface area (Å²) in [7, 11) is 0. The summed E-state index contributed by atoms with van der Waals surface area (Å²) in [5, 5.41) is 14.4. The zero-order chi connectivity index (χ0) is 21.8. The fourth-order valence-corrected chi connectivity index (χ4v) is 2.77. The van der Waals surface area contributed by atoms with Crippen LogP contribution >= 0.6 is 15.9 Å². The Morgan fingerprint density at radius 3 is 2.34 bits per heavy atom. The van der Waals surface area contributed by atoms with Gasteiger partial charge in [-0.3, -0.25) is 9.59 Å². The Morgan fingerprint density at radius 1 is 1.14 bits per heavy atom. The zero-order valence-corrected chi connectivity index (χ0v) is 18.1. The van der Waals surface area contributed by atoms with E-state index < -0.39 is 30.1 Å². The van der Waals surface area contributed by atoms with Gasteiger partial charge in [0.25, 0.3) is 0 Å². The summed E-state index contributed by atoms with van der Waals surface area (Å²) in [5.41, 5.74) is 0.801. The van der Waals surface area contributed by atoms with E-state index in [1.165, 1.54) is 0 Å². The smallest absolute Gasteiger partial charge is 0.408 e. The number of hydrogen-bond donors (Lipinski definition) is 3. The Kier molecular flexibility index (Phi) is 11.0. The van der Waals surface area contributed by atoms with Crippen LogP contribution in [0.25, 0.3) is 0 Å². The number of carboxylic acid groups (broad SMARTS) is 1. The van der Waals surface area contributed by atoms with Gasteiger partial charge in [-0.25, -0.2) is 9.59 Å². The average molecular weight is 471 g/mol. The maximum atomic E-state index is 12.6. The van der Waals surface area contributed by atoms with Gasteiger partial charge in [-0.15, -0.1) is 0 Å². The third-order valence-corrected chi connectivity index (χ3v) is 5.08. The summed E-state index contributed by atoms with van der Waals surface area (Å²) >= 11 is 3.02. The first-order valence-electron chi connectivity index (χ1n) is 9.36. The van der Waals surface area contributed by atoms with E-state index >= 15 is 0 Å². The molecule has 0 spiro atoms. The van der Waals surface area contributed by atoms with E-state index in [-0.39, 0.29) is 36.5 Å². The van der Waals surface area contributed by atoms with Crippen LogP contribution < -0.4 is 10.6 Å². The van der Waals surface area contributed by atoms with Gasteiger partial charge in [-0.05, 0) is 17.9 Å². The van der Waals surface area contributed by atoms with E-state index in [9.17, 15) is 24.3 Å². The third-order valence-electron chi connectivity index (χ3n) is 4.46. The number of ether oxygens (including phenoxy) is 1. The molecule has 0 bridgehead atoms. The fraction of sp³-hybridized carbons (Fsp3) is 0.500. The highest BCUT2D eigenvalue weighted by atomic mass is 79.9. The maximum absolute atomic E-state index is 12.6. The molecule has 2 amide bonds. The quantitative estimate of drug-likeness (QED) is 0.403. The highest BCUT2D eigenvalue weighted by Gasteiger charge is 2.30. The van der Waals surface area contributed by atoms with Crippen LogP contribution in [-0.2, 0) is 25.7 Å². The second kappa shape index (κ2) is 12.9. The molecule has 0 unspecified atom stereocenters. The van der Waals surface area contributed by atoms with Gasteiger partial charge in [0, 0.05) is 6.42 Å². The largest absolute Gasteiger partial charge is 0.480 e. The lowest BCUT2D eigenvalue weighted by Crippen LogP contribution is -2.54. The van der Waals surface area contributed by atoms with Gasteiger partial charge >= 0.3 is 12.1 Å². The maximum Gasteiger partial charge on any atom is 0.408 e.